The molecule has 0 unspecified atom stereocenters. The molecule has 7 nitrogen and oxygen atoms in total. The topological polar surface area (TPSA) is 80.8 Å². The lowest BCUT2D eigenvalue weighted by Crippen LogP contribution is -2.40. The van der Waals surface area contributed by atoms with Gasteiger partial charge in [0.05, 0.1) is 4.92 Å². The summed E-state index contributed by atoms with van der Waals surface area (Å²) in [5, 5.41) is 11.5. The van der Waals surface area contributed by atoms with Crippen molar-refractivity contribution in [2.45, 2.75) is 38.5 Å². The lowest BCUT2D eigenvalue weighted by molar-refractivity contribution is -0.385. The van der Waals surface area contributed by atoms with Gasteiger partial charge in [-0.15, -0.1) is 0 Å². The van der Waals surface area contributed by atoms with Crippen molar-refractivity contribution in [1.29, 1.82) is 0 Å². The zero-order valence-electron chi connectivity index (χ0n) is 13.5. The Labute approximate surface area is 139 Å². The highest BCUT2D eigenvalue weighted by molar-refractivity contribution is 5.61. The van der Waals surface area contributed by atoms with Crippen LogP contribution >= 0.6 is 0 Å². The molecule has 2 aliphatic rings. The first-order valence-corrected chi connectivity index (χ1v) is 8.50. The Morgan fingerprint density at radius 3 is 2.50 bits per heavy atom. The Morgan fingerprint density at radius 2 is 1.83 bits per heavy atom. The monoisotopic (exact) mass is 328 g/mol. The SMILES string of the molecule is O=c1c([N+](=O)[O-])c(N2CCC3(CCCC3)CC2)nc2ccccn12. The number of aromatic nitrogens is 2. The first-order chi connectivity index (χ1) is 11.6. The first-order valence-electron chi connectivity index (χ1n) is 8.50. The van der Waals surface area contributed by atoms with E-state index < -0.39 is 16.2 Å². The summed E-state index contributed by atoms with van der Waals surface area (Å²) in [7, 11) is 0. The standard InChI is InChI=1S/C17H20N4O3/c22-16-14(21(23)24)15(18-13-5-1-4-10-20(13)16)19-11-8-17(9-12-19)6-2-3-7-17/h1,4-5,10H,2-3,6-9,11-12H2. The minimum atomic E-state index is -0.609. The van der Waals surface area contributed by atoms with Crippen LogP contribution < -0.4 is 10.5 Å². The van der Waals surface area contributed by atoms with Crippen molar-refractivity contribution in [3.8, 4) is 0 Å². The lowest BCUT2D eigenvalue weighted by atomic mass is 9.77. The van der Waals surface area contributed by atoms with E-state index in [1.54, 1.807) is 18.2 Å². The Hall–Kier alpha value is -2.44. The van der Waals surface area contributed by atoms with Crippen LogP contribution in [0.2, 0.25) is 0 Å². The van der Waals surface area contributed by atoms with E-state index in [1.807, 2.05) is 4.90 Å². The summed E-state index contributed by atoms with van der Waals surface area (Å²) in [6, 6.07) is 5.16. The number of pyridine rings is 1. The third-order valence-electron chi connectivity index (χ3n) is 5.66. The van der Waals surface area contributed by atoms with Gasteiger partial charge in [-0.1, -0.05) is 18.9 Å². The average Bonchev–Trinajstić information content (AvgIpc) is 3.03. The fourth-order valence-corrected chi connectivity index (χ4v) is 4.27. The van der Waals surface area contributed by atoms with Gasteiger partial charge in [-0.25, -0.2) is 4.98 Å². The molecule has 3 heterocycles. The van der Waals surface area contributed by atoms with E-state index in [4.69, 9.17) is 0 Å². The number of nitro groups is 1. The Balaban J connectivity index is 1.75. The molecule has 0 bridgehead atoms. The van der Waals surface area contributed by atoms with E-state index >= 15 is 0 Å². The van der Waals surface area contributed by atoms with Crippen LogP contribution in [0.3, 0.4) is 0 Å². The smallest absolute Gasteiger partial charge is 0.351 e. The highest BCUT2D eigenvalue weighted by Crippen LogP contribution is 2.46. The maximum atomic E-state index is 12.5. The summed E-state index contributed by atoms with van der Waals surface area (Å²) >= 11 is 0. The zero-order valence-corrected chi connectivity index (χ0v) is 13.5. The second kappa shape index (κ2) is 5.58. The van der Waals surface area contributed by atoms with E-state index in [2.05, 4.69) is 4.98 Å². The van der Waals surface area contributed by atoms with Crippen molar-refractivity contribution in [3.05, 3.63) is 44.9 Å². The van der Waals surface area contributed by atoms with Gasteiger partial charge < -0.3 is 4.90 Å². The maximum Gasteiger partial charge on any atom is 0.376 e. The minimum Gasteiger partial charge on any atom is -0.351 e. The Kier molecular flexibility index (Phi) is 3.51. The van der Waals surface area contributed by atoms with Crippen molar-refractivity contribution in [1.82, 2.24) is 9.38 Å². The molecule has 0 atom stereocenters. The summed E-state index contributed by atoms with van der Waals surface area (Å²) in [5.74, 6) is 0.226. The number of anilines is 1. The molecule has 2 fully saturated rings. The van der Waals surface area contributed by atoms with Gasteiger partial charge in [0.25, 0.3) is 0 Å². The molecule has 0 radical (unpaired) electrons. The van der Waals surface area contributed by atoms with Crippen LogP contribution in [0.5, 0.6) is 0 Å². The minimum absolute atomic E-state index is 0.226. The summed E-state index contributed by atoms with van der Waals surface area (Å²) < 4.78 is 1.24. The zero-order chi connectivity index (χ0) is 16.7. The molecular formula is C17H20N4O3. The molecule has 0 N–H and O–H groups in total. The molecule has 0 aromatic carbocycles. The van der Waals surface area contributed by atoms with Gasteiger partial charge in [0.1, 0.15) is 5.65 Å². The number of fused-ring (bicyclic) bond motifs is 1. The number of nitrogens with zero attached hydrogens (tertiary/aromatic N) is 4. The molecule has 4 rings (SSSR count). The third kappa shape index (κ3) is 2.35. The van der Waals surface area contributed by atoms with Crippen LogP contribution in [0.1, 0.15) is 38.5 Å². The number of rotatable bonds is 2. The first kappa shape index (κ1) is 15.1. The van der Waals surface area contributed by atoms with E-state index in [0.717, 1.165) is 25.9 Å². The van der Waals surface area contributed by atoms with E-state index in [1.165, 1.54) is 36.3 Å². The molecule has 1 spiro atoms. The van der Waals surface area contributed by atoms with Gasteiger partial charge in [0.2, 0.25) is 5.82 Å². The number of hydrogen-bond acceptors (Lipinski definition) is 5. The number of hydrogen-bond donors (Lipinski definition) is 0. The second-order valence-corrected chi connectivity index (χ2v) is 6.97. The molecule has 1 aliphatic carbocycles. The maximum absolute atomic E-state index is 12.5. The predicted octanol–water partition coefficient (Wildman–Crippen LogP) is 2.76. The highest BCUT2D eigenvalue weighted by Gasteiger charge is 2.39. The van der Waals surface area contributed by atoms with Crippen LogP contribution in [0.15, 0.2) is 29.2 Å². The highest BCUT2D eigenvalue weighted by atomic mass is 16.6. The van der Waals surface area contributed by atoms with Gasteiger partial charge in [-0.05, 0) is 43.2 Å². The van der Waals surface area contributed by atoms with E-state index in [-0.39, 0.29) is 5.82 Å². The fraction of sp³-hybridized carbons (Fsp3) is 0.529. The largest absolute Gasteiger partial charge is 0.376 e. The molecule has 2 aromatic rings. The molecule has 2 aromatic heterocycles. The van der Waals surface area contributed by atoms with Crippen LogP contribution in [-0.4, -0.2) is 27.4 Å². The molecule has 1 saturated heterocycles. The van der Waals surface area contributed by atoms with Gasteiger partial charge in [0, 0.05) is 19.3 Å². The van der Waals surface area contributed by atoms with Crippen LogP contribution in [0.4, 0.5) is 11.5 Å². The lowest BCUT2D eigenvalue weighted by Gasteiger charge is -2.39. The van der Waals surface area contributed by atoms with Crippen molar-refractivity contribution < 1.29 is 4.92 Å². The molecule has 0 amide bonds. The molecular weight excluding hydrogens is 308 g/mol. The summed E-state index contributed by atoms with van der Waals surface area (Å²) in [5.41, 5.74) is -0.163. The summed E-state index contributed by atoms with van der Waals surface area (Å²) in [6.07, 6.45) is 8.67. The average molecular weight is 328 g/mol. The van der Waals surface area contributed by atoms with Crippen molar-refractivity contribution in [3.63, 3.8) is 0 Å². The van der Waals surface area contributed by atoms with Crippen LogP contribution in [0, 0.1) is 15.5 Å². The fourth-order valence-electron chi connectivity index (χ4n) is 4.27. The van der Waals surface area contributed by atoms with Crippen LogP contribution in [0.25, 0.3) is 5.65 Å². The molecule has 7 heteroatoms. The Bertz CT molecular complexity index is 845. The molecule has 126 valence electrons. The quantitative estimate of drug-likeness (QED) is 0.625. The van der Waals surface area contributed by atoms with Gasteiger partial charge >= 0.3 is 11.2 Å². The van der Waals surface area contributed by atoms with Crippen molar-refractivity contribution in [2.24, 2.45) is 5.41 Å². The Morgan fingerprint density at radius 1 is 1.12 bits per heavy atom. The second-order valence-electron chi connectivity index (χ2n) is 6.97. The van der Waals surface area contributed by atoms with Crippen molar-refractivity contribution in [2.75, 3.05) is 18.0 Å². The summed E-state index contributed by atoms with van der Waals surface area (Å²) in [4.78, 5) is 29.8. The van der Waals surface area contributed by atoms with Gasteiger partial charge in [-0.3, -0.25) is 19.3 Å². The normalized spacial score (nSPS) is 19.9. The van der Waals surface area contributed by atoms with E-state index in [9.17, 15) is 14.9 Å². The molecule has 1 saturated carbocycles. The summed E-state index contributed by atoms with van der Waals surface area (Å²) in [6.45, 7) is 1.46. The number of piperidine rings is 1. The van der Waals surface area contributed by atoms with Crippen molar-refractivity contribution >= 4 is 17.2 Å². The molecule has 24 heavy (non-hydrogen) atoms. The molecule has 1 aliphatic heterocycles. The van der Waals surface area contributed by atoms with Crippen LogP contribution in [-0.2, 0) is 0 Å². The predicted molar refractivity (Wildman–Crippen MR) is 90.5 cm³/mol. The van der Waals surface area contributed by atoms with Gasteiger partial charge in [-0.2, -0.15) is 0 Å². The van der Waals surface area contributed by atoms with E-state index in [0.29, 0.717) is 11.1 Å². The third-order valence-corrected chi connectivity index (χ3v) is 5.66. The van der Waals surface area contributed by atoms with Gasteiger partial charge in [0.15, 0.2) is 0 Å².